The van der Waals surface area contributed by atoms with Gasteiger partial charge in [-0.3, -0.25) is 4.40 Å². The second kappa shape index (κ2) is 5.29. The first-order valence-electron chi connectivity index (χ1n) is 6.93. The van der Waals surface area contributed by atoms with Crippen molar-refractivity contribution in [3.8, 4) is 11.5 Å². The Morgan fingerprint density at radius 2 is 2.14 bits per heavy atom. The van der Waals surface area contributed by atoms with E-state index in [2.05, 4.69) is 10.3 Å². The highest BCUT2D eigenvalue weighted by Gasteiger charge is 2.10. The van der Waals surface area contributed by atoms with Gasteiger partial charge in [0.1, 0.15) is 0 Å². The van der Waals surface area contributed by atoms with Crippen LogP contribution in [-0.2, 0) is 6.54 Å². The number of ether oxygens (including phenoxy) is 2. The van der Waals surface area contributed by atoms with E-state index < -0.39 is 0 Å². The zero-order valence-corrected chi connectivity index (χ0v) is 12.2. The van der Waals surface area contributed by atoms with Gasteiger partial charge in [-0.1, -0.05) is 0 Å². The van der Waals surface area contributed by atoms with E-state index in [1.54, 1.807) is 11.3 Å². The zero-order chi connectivity index (χ0) is 14.1. The molecule has 1 aliphatic rings. The second-order valence-corrected chi connectivity index (χ2v) is 5.76. The molecule has 108 valence electrons. The van der Waals surface area contributed by atoms with Gasteiger partial charge in [-0.05, 0) is 12.1 Å². The van der Waals surface area contributed by atoms with Gasteiger partial charge in [0.15, 0.2) is 16.5 Å². The minimum atomic E-state index is 0.689. The molecule has 3 aromatic rings. The van der Waals surface area contributed by atoms with Crippen LogP contribution in [0.5, 0.6) is 11.5 Å². The number of hydrogen-bond acceptors (Lipinski definition) is 5. The van der Waals surface area contributed by atoms with Gasteiger partial charge in [-0.15, -0.1) is 11.3 Å². The van der Waals surface area contributed by atoms with Crippen molar-refractivity contribution in [2.24, 2.45) is 0 Å². The number of aromatic nitrogens is 2. The number of hydrogen-bond donors (Lipinski definition) is 1. The molecule has 21 heavy (non-hydrogen) atoms. The predicted octanol–water partition coefficient (Wildman–Crippen LogP) is 3.17. The van der Waals surface area contributed by atoms with Crippen LogP contribution in [0, 0.1) is 0 Å². The van der Waals surface area contributed by atoms with Crippen LogP contribution < -0.4 is 14.8 Å². The van der Waals surface area contributed by atoms with E-state index in [0.29, 0.717) is 19.8 Å². The first-order chi connectivity index (χ1) is 10.4. The first-order valence-corrected chi connectivity index (χ1v) is 7.81. The summed E-state index contributed by atoms with van der Waals surface area (Å²) < 4.78 is 13.4. The number of thiazole rings is 1. The van der Waals surface area contributed by atoms with Crippen molar-refractivity contribution in [3.05, 3.63) is 41.7 Å². The molecule has 6 heteroatoms. The lowest BCUT2D eigenvalue weighted by atomic mass is 10.2. The van der Waals surface area contributed by atoms with Gasteiger partial charge in [0.05, 0.1) is 25.5 Å². The molecule has 1 N–H and O–H groups in total. The van der Waals surface area contributed by atoms with Gasteiger partial charge in [-0.25, -0.2) is 4.98 Å². The third-order valence-corrected chi connectivity index (χ3v) is 4.14. The summed E-state index contributed by atoms with van der Waals surface area (Å²) in [5.41, 5.74) is 2.03. The van der Waals surface area contributed by atoms with Crippen LogP contribution in [0.2, 0.25) is 0 Å². The summed E-state index contributed by atoms with van der Waals surface area (Å²) in [5, 5.41) is 5.41. The van der Waals surface area contributed by atoms with Crippen molar-refractivity contribution in [1.82, 2.24) is 9.38 Å². The molecule has 0 saturated carbocycles. The highest BCUT2D eigenvalue weighted by atomic mass is 32.1. The Morgan fingerprint density at radius 1 is 1.24 bits per heavy atom. The Labute approximate surface area is 126 Å². The van der Waals surface area contributed by atoms with Crippen LogP contribution in [0.4, 0.5) is 5.69 Å². The maximum absolute atomic E-state index is 5.69. The quantitative estimate of drug-likeness (QED) is 0.807. The second-order valence-electron chi connectivity index (χ2n) is 4.89. The molecule has 0 radical (unpaired) electrons. The third-order valence-electron chi connectivity index (χ3n) is 3.36. The smallest absolute Gasteiger partial charge is 0.193 e. The Bertz CT molecular complexity index is 737. The van der Waals surface area contributed by atoms with Gasteiger partial charge in [0.2, 0.25) is 0 Å². The fourth-order valence-corrected chi connectivity index (χ4v) is 3.05. The molecule has 0 fully saturated rings. The third kappa shape index (κ3) is 2.54. The number of imidazole rings is 1. The largest absolute Gasteiger partial charge is 0.490 e. The van der Waals surface area contributed by atoms with Crippen molar-refractivity contribution in [1.29, 1.82) is 0 Å². The molecule has 3 heterocycles. The van der Waals surface area contributed by atoms with Gasteiger partial charge < -0.3 is 14.8 Å². The van der Waals surface area contributed by atoms with Crippen molar-refractivity contribution >= 4 is 22.0 Å². The van der Waals surface area contributed by atoms with E-state index in [1.807, 2.05) is 40.4 Å². The molecule has 4 rings (SSSR count). The molecule has 0 bridgehead atoms. The lowest BCUT2D eigenvalue weighted by Gasteiger charge is -2.10. The van der Waals surface area contributed by atoms with E-state index >= 15 is 0 Å². The summed E-state index contributed by atoms with van der Waals surface area (Å²) >= 11 is 1.64. The molecule has 0 saturated heterocycles. The topological polar surface area (TPSA) is 47.8 Å². The molecular formula is C15H15N3O2S. The molecule has 0 unspecified atom stereocenters. The van der Waals surface area contributed by atoms with Crippen molar-refractivity contribution in [3.63, 3.8) is 0 Å². The maximum Gasteiger partial charge on any atom is 0.193 e. The van der Waals surface area contributed by atoms with Gasteiger partial charge >= 0.3 is 0 Å². The van der Waals surface area contributed by atoms with E-state index in [4.69, 9.17) is 9.47 Å². The number of fused-ring (bicyclic) bond motifs is 2. The summed E-state index contributed by atoms with van der Waals surface area (Å²) in [4.78, 5) is 5.57. The van der Waals surface area contributed by atoms with E-state index in [0.717, 1.165) is 34.3 Å². The number of anilines is 1. The summed E-state index contributed by atoms with van der Waals surface area (Å²) in [6.07, 6.45) is 4.98. The number of nitrogens with one attached hydrogen (secondary N) is 1. The molecule has 0 aliphatic carbocycles. The fourth-order valence-electron chi connectivity index (χ4n) is 2.33. The fraction of sp³-hybridized carbons (Fsp3) is 0.267. The Kier molecular flexibility index (Phi) is 3.16. The summed E-state index contributed by atoms with van der Waals surface area (Å²) in [7, 11) is 0. The number of benzene rings is 1. The normalized spacial score (nSPS) is 14.1. The molecule has 5 nitrogen and oxygen atoms in total. The monoisotopic (exact) mass is 301 g/mol. The lowest BCUT2D eigenvalue weighted by molar-refractivity contribution is 0.297. The molecule has 0 spiro atoms. The summed E-state index contributed by atoms with van der Waals surface area (Å²) in [6, 6.07) is 5.94. The minimum Gasteiger partial charge on any atom is -0.490 e. The van der Waals surface area contributed by atoms with Crippen molar-refractivity contribution in [2.75, 3.05) is 18.5 Å². The van der Waals surface area contributed by atoms with Crippen LogP contribution >= 0.6 is 11.3 Å². The predicted molar refractivity (Wildman–Crippen MR) is 82.4 cm³/mol. The van der Waals surface area contributed by atoms with E-state index in [9.17, 15) is 0 Å². The van der Waals surface area contributed by atoms with Gasteiger partial charge in [-0.2, -0.15) is 0 Å². The highest BCUT2D eigenvalue weighted by Crippen LogP contribution is 2.32. The van der Waals surface area contributed by atoms with Crippen LogP contribution in [0.25, 0.3) is 4.96 Å². The van der Waals surface area contributed by atoms with E-state index in [1.165, 1.54) is 0 Å². The molecule has 0 atom stereocenters. The maximum atomic E-state index is 5.69. The number of rotatable bonds is 3. The van der Waals surface area contributed by atoms with Gasteiger partial charge in [0, 0.05) is 35.9 Å². The zero-order valence-electron chi connectivity index (χ0n) is 11.4. The van der Waals surface area contributed by atoms with Crippen LogP contribution in [-0.4, -0.2) is 22.6 Å². The molecular weight excluding hydrogens is 286 g/mol. The molecule has 2 aromatic heterocycles. The molecule has 1 aromatic carbocycles. The van der Waals surface area contributed by atoms with Crippen molar-refractivity contribution in [2.45, 2.75) is 13.0 Å². The Hall–Kier alpha value is -2.21. The Morgan fingerprint density at radius 3 is 3.05 bits per heavy atom. The van der Waals surface area contributed by atoms with Crippen LogP contribution in [0.15, 0.2) is 36.0 Å². The highest BCUT2D eigenvalue weighted by molar-refractivity contribution is 7.15. The van der Waals surface area contributed by atoms with Gasteiger partial charge in [0.25, 0.3) is 0 Å². The average Bonchev–Trinajstić information content (AvgIpc) is 2.99. The minimum absolute atomic E-state index is 0.689. The standard InChI is InChI=1S/C15H15N3O2S/c1-5-19-13-3-2-11(8-14(13)20-6-1)16-9-12-10-18-4-7-21-15(18)17-12/h2-4,7-8,10,16H,1,5-6,9H2. The number of nitrogens with zero attached hydrogens (tertiary/aromatic N) is 2. The average molecular weight is 301 g/mol. The van der Waals surface area contributed by atoms with E-state index in [-0.39, 0.29) is 0 Å². The summed E-state index contributed by atoms with van der Waals surface area (Å²) in [6.45, 7) is 2.10. The van der Waals surface area contributed by atoms with Crippen LogP contribution in [0.3, 0.4) is 0 Å². The lowest BCUT2D eigenvalue weighted by Crippen LogP contribution is -2.00. The van der Waals surface area contributed by atoms with Crippen molar-refractivity contribution < 1.29 is 9.47 Å². The first kappa shape index (κ1) is 12.5. The molecule has 0 amide bonds. The summed E-state index contributed by atoms with van der Waals surface area (Å²) in [5.74, 6) is 1.63. The molecule has 1 aliphatic heterocycles. The SMILES string of the molecule is c1cn2cc(CNc3ccc4c(c3)OCCCO4)nc2s1. The Balaban J connectivity index is 1.49. The van der Waals surface area contributed by atoms with Crippen LogP contribution in [0.1, 0.15) is 12.1 Å².